The Morgan fingerprint density at radius 1 is 1.38 bits per heavy atom. The molecule has 1 N–H and O–H groups in total. The molecule has 0 saturated carbocycles. The van der Waals surface area contributed by atoms with E-state index in [2.05, 4.69) is 19.4 Å². The van der Waals surface area contributed by atoms with E-state index in [1.165, 1.54) is 4.90 Å². The number of quaternary nitrogens is 1. The molecule has 0 aliphatic carbocycles. The Labute approximate surface area is 73.9 Å². The van der Waals surface area contributed by atoms with Gasteiger partial charge in [0.2, 0.25) is 0 Å². The molecule has 0 amide bonds. The summed E-state index contributed by atoms with van der Waals surface area (Å²) < 4.78 is 0. The Balaban J connectivity index is 0. The Hall–Kier alpha value is 0.920. The fourth-order valence-electron chi connectivity index (χ4n) is 0.335. The summed E-state index contributed by atoms with van der Waals surface area (Å²) in [5.41, 5.74) is 0. The van der Waals surface area contributed by atoms with Crippen molar-refractivity contribution in [1.82, 2.24) is 0 Å². The quantitative estimate of drug-likeness (QED) is 0.372. The van der Waals surface area contributed by atoms with Crippen molar-refractivity contribution in [3.8, 4) is 0 Å². The van der Waals surface area contributed by atoms with Gasteiger partial charge in [-0.2, -0.15) is 7.05 Å². The van der Waals surface area contributed by atoms with Crippen molar-refractivity contribution in [3.05, 3.63) is 5.32 Å². The normalized spacial score (nSPS) is 9.00. The maximum atomic E-state index is 3.96. The number of hydrogen-bond donors (Lipinski definition) is 1. The third-order valence-corrected chi connectivity index (χ3v) is 0.835. The van der Waals surface area contributed by atoms with Gasteiger partial charge in [-0.05, 0) is 0 Å². The molecule has 0 aliphatic heterocycles. The van der Waals surface area contributed by atoms with Gasteiger partial charge in [0, 0.05) is 0 Å². The minimum Gasteiger partial charge on any atom is -0.660 e. The van der Waals surface area contributed by atoms with Gasteiger partial charge >= 0.3 is 29.6 Å². The van der Waals surface area contributed by atoms with E-state index in [4.69, 9.17) is 0 Å². The first-order valence-corrected chi connectivity index (χ1v) is 2.62. The summed E-state index contributed by atoms with van der Waals surface area (Å²) in [6, 6.07) is 0. The van der Waals surface area contributed by atoms with Crippen molar-refractivity contribution in [2.45, 2.75) is 0 Å². The van der Waals surface area contributed by atoms with E-state index in [9.17, 15) is 0 Å². The molecule has 3 heteroatoms. The molecule has 0 bridgehead atoms. The number of hydrogen-bond acceptors (Lipinski definition) is 0. The molecule has 0 aliphatic rings. The largest absolute Gasteiger partial charge is 1.00 e. The molecule has 0 spiro atoms. The minimum atomic E-state index is 0. The van der Waals surface area contributed by atoms with Crippen LogP contribution >= 0.6 is 0 Å². The van der Waals surface area contributed by atoms with E-state index in [0.29, 0.717) is 0 Å². The van der Waals surface area contributed by atoms with Crippen LogP contribution in [0, 0.1) is 0 Å². The van der Waals surface area contributed by atoms with Gasteiger partial charge in [-0.3, -0.25) is 0 Å². The van der Waals surface area contributed by atoms with E-state index < -0.39 is 0 Å². The first-order valence-electron chi connectivity index (χ1n) is 2.62. The van der Waals surface area contributed by atoms with Gasteiger partial charge in [0.25, 0.3) is 0 Å². The van der Waals surface area contributed by atoms with Crippen LogP contribution in [0.25, 0.3) is 5.32 Å². The van der Waals surface area contributed by atoms with Crippen LogP contribution < -0.4 is 34.5 Å². The molecule has 0 radical (unpaired) electrons. The van der Waals surface area contributed by atoms with Crippen LogP contribution in [0.15, 0.2) is 0 Å². The Morgan fingerprint density at radius 3 is 2.00 bits per heavy atom. The van der Waals surface area contributed by atoms with E-state index in [0.717, 1.165) is 13.1 Å². The molecule has 0 aromatic heterocycles. The molecule has 44 valence electrons. The van der Waals surface area contributed by atoms with Gasteiger partial charge in [-0.15, -0.1) is 0 Å². The second kappa shape index (κ2) is 7.92. The van der Waals surface area contributed by atoms with Crippen LogP contribution in [-0.2, 0) is 0 Å². The zero-order valence-electron chi connectivity index (χ0n) is 6.36. The van der Waals surface area contributed by atoms with Crippen molar-refractivity contribution in [2.24, 2.45) is 0 Å². The molecule has 0 unspecified atom stereocenters. The van der Waals surface area contributed by atoms with Crippen LogP contribution in [-0.4, -0.2) is 34.2 Å². The maximum Gasteiger partial charge on any atom is 1.00 e. The average molecular weight is 125 g/mol. The predicted octanol–water partition coefficient (Wildman–Crippen LogP) is -3.86. The van der Waals surface area contributed by atoms with Gasteiger partial charge in [0.1, 0.15) is 0 Å². The van der Waals surface area contributed by atoms with Crippen molar-refractivity contribution in [2.75, 3.05) is 34.2 Å². The van der Waals surface area contributed by atoms with Gasteiger partial charge in [0.15, 0.2) is 0 Å². The molecule has 0 saturated heterocycles. The number of nitrogens with zero attached hydrogens (tertiary/aromatic N) is 1. The Morgan fingerprint density at radius 2 is 1.88 bits per heavy atom. The third kappa shape index (κ3) is 10.0. The molecule has 0 aromatic rings. The molecule has 0 rings (SSSR count). The first kappa shape index (κ1) is 11.7. The maximum absolute atomic E-state index is 3.96. The van der Waals surface area contributed by atoms with Crippen LogP contribution in [0.2, 0.25) is 0 Å². The second-order valence-corrected chi connectivity index (χ2v) is 2.00. The van der Waals surface area contributed by atoms with Crippen LogP contribution in [0.1, 0.15) is 0 Å². The fraction of sp³-hybridized carbons (Fsp3) is 1.00. The Kier molecular flexibility index (Phi) is 11.6. The van der Waals surface area contributed by atoms with E-state index in [1.54, 1.807) is 0 Å². The van der Waals surface area contributed by atoms with E-state index in [1.807, 2.05) is 7.05 Å². The van der Waals surface area contributed by atoms with Crippen molar-refractivity contribution in [1.29, 1.82) is 0 Å². The minimum absolute atomic E-state index is 0. The predicted molar refractivity (Wildman–Crippen MR) is 31.8 cm³/mol. The average Bonchev–Trinajstić information content (AvgIpc) is 1.61. The third-order valence-electron chi connectivity index (χ3n) is 0.835. The molecular weight excluding hydrogens is 111 g/mol. The standard InChI is InChI=1S/C5H13N2.Na/c1-6-4-5-7(2)3;/h4-5H2,1-3H3;/q-1;+1/p+1. The zero-order chi connectivity index (χ0) is 5.70. The molecule has 8 heavy (non-hydrogen) atoms. The van der Waals surface area contributed by atoms with Gasteiger partial charge in [-0.1, -0.05) is 6.54 Å². The first-order chi connectivity index (χ1) is 3.27. The van der Waals surface area contributed by atoms with Crippen molar-refractivity contribution in [3.63, 3.8) is 0 Å². The Bertz CT molecular complexity index is 39.4. The molecule has 0 aromatic carbocycles. The SMILES string of the molecule is C[N-]CC[NH+](C)C.[Na+]. The second-order valence-electron chi connectivity index (χ2n) is 2.00. The summed E-state index contributed by atoms with van der Waals surface area (Å²) in [6.45, 7) is 2.14. The van der Waals surface area contributed by atoms with E-state index in [-0.39, 0.29) is 29.6 Å². The number of likely N-dealkylation sites (N-methyl/N-ethyl adjacent to an activating group) is 2. The summed E-state index contributed by atoms with van der Waals surface area (Å²) in [5, 5.41) is 3.96. The number of rotatable bonds is 3. The summed E-state index contributed by atoms with van der Waals surface area (Å²) in [5.74, 6) is 0. The summed E-state index contributed by atoms with van der Waals surface area (Å²) in [6.07, 6.45) is 0. The smallest absolute Gasteiger partial charge is 0.660 e. The number of nitrogens with one attached hydrogen (secondary N) is 1. The summed E-state index contributed by atoms with van der Waals surface area (Å²) in [7, 11) is 6.11. The molecule has 0 fully saturated rings. The van der Waals surface area contributed by atoms with Gasteiger partial charge in [-0.25, -0.2) is 0 Å². The van der Waals surface area contributed by atoms with E-state index >= 15 is 0 Å². The summed E-state index contributed by atoms with van der Waals surface area (Å²) in [4.78, 5) is 1.46. The molecule has 0 atom stereocenters. The van der Waals surface area contributed by atoms with Gasteiger partial charge in [0.05, 0.1) is 20.6 Å². The monoisotopic (exact) mass is 125 g/mol. The summed E-state index contributed by atoms with van der Waals surface area (Å²) >= 11 is 0. The molecule has 2 nitrogen and oxygen atoms in total. The van der Waals surface area contributed by atoms with Crippen molar-refractivity contribution < 1.29 is 34.5 Å². The van der Waals surface area contributed by atoms with Crippen LogP contribution in [0.5, 0.6) is 0 Å². The molecular formula is C5H14N2Na+. The van der Waals surface area contributed by atoms with Crippen LogP contribution in [0.3, 0.4) is 0 Å². The molecule has 0 heterocycles. The van der Waals surface area contributed by atoms with Crippen molar-refractivity contribution >= 4 is 0 Å². The topological polar surface area (TPSA) is 18.5 Å². The van der Waals surface area contributed by atoms with Gasteiger partial charge < -0.3 is 10.2 Å². The van der Waals surface area contributed by atoms with Crippen LogP contribution in [0.4, 0.5) is 0 Å². The zero-order valence-corrected chi connectivity index (χ0v) is 8.36. The fourth-order valence-corrected chi connectivity index (χ4v) is 0.335.